The molecule has 2 aromatic rings. The van der Waals surface area contributed by atoms with Crippen LogP contribution in [0.4, 0.5) is 0 Å². The lowest BCUT2D eigenvalue weighted by molar-refractivity contribution is -0.137. The number of furan rings is 1. The van der Waals surface area contributed by atoms with Crippen LogP contribution in [0.3, 0.4) is 0 Å². The Bertz CT molecular complexity index is 891. The van der Waals surface area contributed by atoms with Gasteiger partial charge in [-0.05, 0) is 49.8 Å². The number of piperidine rings is 1. The number of carbonyl (C=O) groups is 3. The molecule has 164 valence electrons. The summed E-state index contributed by atoms with van der Waals surface area (Å²) in [4.78, 5) is 42.8. The van der Waals surface area contributed by atoms with Crippen molar-refractivity contribution in [3.8, 4) is 0 Å². The summed E-state index contributed by atoms with van der Waals surface area (Å²) in [6, 6.07) is 11.7. The monoisotopic (exact) mass is 423 g/mol. The molecule has 0 aliphatic carbocycles. The molecule has 1 aromatic heterocycles. The number of benzene rings is 1. The third-order valence-corrected chi connectivity index (χ3v) is 6.11. The molecule has 0 radical (unpaired) electrons. The van der Waals surface area contributed by atoms with Crippen molar-refractivity contribution in [1.82, 2.24) is 15.1 Å². The Kier molecular flexibility index (Phi) is 6.70. The minimum Gasteiger partial charge on any atom is -0.459 e. The third-order valence-electron chi connectivity index (χ3n) is 6.11. The second kappa shape index (κ2) is 9.81. The van der Waals surface area contributed by atoms with Crippen LogP contribution in [0.2, 0.25) is 0 Å². The van der Waals surface area contributed by atoms with Gasteiger partial charge in [-0.3, -0.25) is 14.4 Å². The van der Waals surface area contributed by atoms with Gasteiger partial charge in [0.05, 0.1) is 6.26 Å². The van der Waals surface area contributed by atoms with Gasteiger partial charge in [0.1, 0.15) is 12.1 Å². The smallest absolute Gasteiger partial charge is 0.290 e. The number of nitrogens with zero attached hydrogens (tertiary/aromatic N) is 2. The molecule has 0 spiro atoms. The first-order chi connectivity index (χ1) is 15.1. The molecule has 2 aliphatic rings. The average molecular weight is 424 g/mol. The van der Waals surface area contributed by atoms with Crippen molar-refractivity contribution in [1.29, 1.82) is 0 Å². The van der Waals surface area contributed by atoms with E-state index in [2.05, 4.69) is 5.32 Å². The van der Waals surface area contributed by atoms with Gasteiger partial charge >= 0.3 is 0 Å². The lowest BCUT2D eigenvalue weighted by Gasteiger charge is -2.35. The van der Waals surface area contributed by atoms with Crippen molar-refractivity contribution in [3.05, 3.63) is 60.1 Å². The van der Waals surface area contributed by atoms with Crippen LogP contribution in [0.5, 0.6) is 0 Å². The number of carbonyl (C=O) groups excluding carboxylic acids is 3. The predicted molar refractivity (Wildman–Crippen MR) is 115 cm³/mol. The van der Waals surface area contributed by atoms with Crippen molar-refractivity contribution >= 4 is 17.7 Å². The van der Waals surface area contributed by atoms with Crippen molar-refractivity contribution < 1.29 is 18.8 Å². The molecule has 3 heterocycles. The van der Waals surface area contributed by atoms with Gasteiger partial charge < -0.3 is 19.5 Å². The number of rotatable bonds is 6. The first kappa shape index (κ1) is 21.2. The molecule has 2 aliphatic heterocycles. The highest BCUT2D eigenvalue weighted by molar-refractivity contribution is 5.97. The van der Waals surface area contributed by atoms with Crippen LogP contribution in [-0.4, -0.2) is 59.2 Å². The predicted octanol–water partition coefficient (Wildman–Crippen LogP) is 2.62. The average Bonchev–Trinajstić information content (AvgIpc) is 3.53. The maximum atomic E-state index is 13.3. The summed E-state index contributed by atoms with van der Waals surface area (Å²) >= 11 is 0. The second-order valence-electron chi connectivity index (χ2n) is 8.27. The third kappa shape index (κ3) is 4.98. The molecule has 2 saturated heterocycles. The lowest BCUT2D eigenvalue weighted by Crippen LogP contribution is -2.57. The molecule has 4 rings (SSSR count). The molecular weight excluding hydrogens is 394 g/mol. The molecule has 3 amide bonds. The molecule has 1 N–H and O–H groups in total. The van der Waals surface area contributed by atoms with Crippen LogP contribution < -0.4 is 5.32 Å². The van der Waals surface area contributed by atoms with Crippen LogP contribution in [0, 0.1) is 0 Å². The zero-order valence-corrected chi connectivity index (χ0v) is 17.7. The standard InChI is InChI=1S/C24H29N3O4/c28-22(20-11-4-5-15-27(20)24(30)21-12-8-16-31-21)25-19(17-18-9-2-1-3-10-18)23(29)26-13-6-7-14-26/h1-3,8-10,12,16,19-20H,4-7,11,13-15,17H2,(H,25,28). The van der Waals surface area contributed by atoms with Crippen molar-refractivity contribution in [2.75, 3.05) is 19.6 Å². The number of nitrogens with one attached hydrogen (secondary N) is 1. The number of hydrogen-bond donors (Lipinski definition) is 1. The Labute approximate surface area is 182 Å². The van der Waals surface area contributed by atoms with E-state index in [1.165, 1.54) is 6.26 Å². The molecule has 1 aromatic carbocycles. The number of amides is 3. The normalized spacial score (nSPS) is 19.8. The first-order valence-electron chi connectivity index (χ1n) is 11.1. The van der Waals surface area contributed by atoms with Gasteiger partial charge in [0.15, 0.2) is 5.76 Å². The fraction of sp³-hybridized carbons (Fsp3) is 0.458. The fourth-order valence-electron chi connectivity index (χ4n) is 4.46. The Morgan fingerprint density at radius 1 is 0.968 bits per heavy atom. The van der Waals surface area contributed by atoms with Crippen molar-refractivity contribution in [2.45, 2.75) is 50.6 Å². The quantitative estimate of drug-likeness (QED) is 0.774. The Morgan fingerprint density at radius 2 is 1.71 bits per heavy atom. The molecule has 31 heavy (non-hydrogen) atoms. The topological polar surface area (TPSA) is 82.9 Å². The first-order valence-corrected chi connectivity index (χ1v) is 11.1. The highest BCUT2D eigenvalue weighted by Gasteiger charge is 2.36. The van der Waals surface area contributed by atoms with Gasteiger partial charge in [-0.2, -0.15) is 0 Å². The van der Waals surface area contributed by atoms with Gasteiger partial charge in [0.2, 0.25) is 11.8 Å². The zero-order valence-electron chi connectivity index (χ0n) is 17.7. The van der Waals surface area contributed by atoms with Gasteiger partial charge in [-0.25, -0.2) is 0 Å². The van der Waals surface area contributed by atoms with E-state index >= 15 is 0 Å². The molecule has 0 bridgehead atoms. The molecule has 2 atom stereocenters. The molecule has 7 nitrogen and oxygen atoms in total. The summed E-state index contributed by atoms with van der Waals surface area (Å²) < 4.78 is 5.26. The van der Waals surface area contributed by atoms with Gasteiger partial charge in [0.25, 0.3) is 5.91 Å². The Morgan fingerprint density at radius 3 is 2.42 bits per heavy atom. The van der Waals surface area contributed by atoms with Crippen LogP contribution in [0.1, 0.15) is 48.2 Å². The van der Waals surface area contributed by atoms with E-state index in [1.807, 2.05) is 35.2 Å². The highest BCUT2D eigenvalue weighted by Crippen LogP contribution is 2.21. The van der Waals surface area contributed by atoms with E-state index in [4.69, 9.17) is 4.42 Å². The summed E-state index contributed by atoms with van der Waals surface area (Å²) in [6.07, 6.45) is 6.16. The van der Waals surface area contributed by atoms with Crippen molar-refractivity contribution in [3.63, 3.8) is 0 Å². The van der Waals surface area contributed by atoms with Crippen LogP contribution in [0.25, 0.3) is 0 Å². The summed E-state index contributed by atoms with van der Waals surface area (Å²) in [5.41, 5.74) is 0.993. The number of hydrogen-bond acceptors (Lipinski definition) is 4. The minimum atomic E-state index is -0.643. The highest BCUT2D eigenvalue weighted by atomic mass is 16.3. The van der Waals surface area contributed by atoms with E-state index in [9.17, 15) is 14.4 Å². The minimum absolute atomic E-state index is 0.0468. The zero-order chi connectivity index (χ0) is 21.6. The summed E-state index contributed by atoms with van der Waals surface area (Å²) in [5.74, 6) is -0.369. The van der Waals surface area contributed by atoms with E-state index in [1.54, 1.807) is 17.0 Å². The largest absolute Gasteiger partial charge is 0.459 e. The summed E-state index contributed by atoms with van der Waals surface area (Å²) in [7, 11) is 0. The molecular formula is C24H29N3O4. The molecule has 2 unspecified atom stereocenters. The maximum Gasteiger partial charge on any atom is 0.290 e. The SMILES string of the molecule is O=C(NC(Cc1ccccc1)C(=O)N1CCCC1)C1CCCCN1C(=O)c1ccco1. The van der Waals surface area contributed by atoms with Crippen LogP contribution in [-0.2, 0) is 16.0 Å². The van der Waals surface area contributed by atoms with Crippen LogP contribution >= 0.6 is 0 Å². The Hall–Kier alpha value is -3.09. The molecule has 0 saturated carbocycles. The van der Waals surface area contributed by atoms with Gasteiger partial charge in [0, 0.05) is 26.1 Å². The van der Waals surface area contributed by atoms with Gasteiger partial charge in [-0.1, -0.05) is 30.3 Å². The fourth-order valence-corrected chi connectivity index (χ4v) is 4.46. The Balaban J connectivity index is 1.50. The van der Waals surface area contributed by atoms with Crippen LogP contribution in [0.15, 0.2) is 53.1 Å². The molecule has 7 heteroatoms. The maximum absolute atomic E-state index is 13.3. The van der Waals surface area contributed by atoms with E-state index in [-0.39, 0.29) is 23.5 Å². The van der Waals surface area contributed by atoms with Gasteiger partial charge in [-0.15, -0.1) is 0 Å². The lowest BCUT2D eigenvalue weighted by atomic mass is 9.99. The second-order valence-corrected chi connectivity index (χ2v) is 8.27. The van der Waals surface area contributed by atoms with E-state index < -0.39 is 12.1 Å². The summed E-state index contributed by atoms with van der Waals surface area (Å²) in [6.45, 7) is 1.96. The molecule has 2 fully saturated rings. The number of likely N-dealkylation sites (tertiary alicyclic amines) is 2. The summed E-state index contributed by atoms with van der Waals surface area (Å²) in [5, 5.41) is 2.99. The van der Waals surface area contributed by atoms with E-state index in [0.29, 0.717) is 19.4 Å². The van der Waals surface area contributed by atoms with E-state index in [0.717, 1.165) is 44.3 Å². The van der Waals surface area contributed by atoms with Crippen molar-refractivity contribution in [2.24, 2.45) is 0 Å².